The zero-order chi connectivity index (χ0) is 10.7. The fourth-order valence-electron chi connectivity index (χ4n) is 1.90. The van der Waals surface area contributed by atoms with E-state index in [1.165, 1.54) is 19.3 Å². The molecular weight excluding hydrogens is 186 g/mol. The molecule has 15 heavy (non-hydrogen) atoms. The minimum Gasteiger partial charge on any atom is -0.326 e. The Morgan fingerprint density at radius 1 is 1.27 bits per heavy atom. The lowest BCUT2D eigenvalue weighted by Crippen LogP contribution is -2.15. The fourth-order valence-corrected chi connectivity index (χ4v) is 1.90. The van der Waals surface area contributed by atoms with Crippen LogP contribution in [0.15, 0.2) is 24.3 Å². The molecule has 1 aromatic carbocycles. The normalized spacial score (nSPS) is 16.1. The second-order valence-electron chi connectivity index (χ2n) is 4.33. The lowest BCUT2D eigenvalue weighted by atomic mass is 9.81. The Hall–Kier alpha value is -1.15. The molecule has 0 unspecified atom stereocenters. The van der Waals surface area contributed by atoms with Crippen LogP contribution >= 0.6 is 0 Å². The zero-order valence-corrected chi connectivity index (χ0v) is 8.91. The lowest BCUT2D eigenvalue weighted by molar-refractivity contribution is 0.0936. The van der Waals surface area contributed by atoms with Gasteiger partial charge in [0.25, 0.3) is 0 Å². The van der Waals surface area contributed by atoms with Crippen LogP contribution in [0.5, 0.6) is 0 Å². The lowest BCUT2D eigenvalue weighted by Gasteiger charge is -2.24. The number of rotatable bonds is 4. The van der Waals surface area contributed by atoms with Crippen LogP contribution in [0.4, 0.5) is 0 Å². The maximum Gasteiger partial charge on any atom is 0.163 e. The van der Waals surface area contributed by atoms with Crippen LogP contribution in [-0.4, -0.2) is 5.78 Å². The van der Waals surface area contributed by atoms with Gasteiger partial charge in [-0.15, -0.1) is 0 Å². The van der Waals surface area contributed by atoms with Gasteiger partial charge in [-0.2, -0.15) is 0 Å². The van der Waals surface area contributed by atoms with E-state index in [0.717, 1.165) is 17.5 Å². The second kappa shape index (κ2) is 4.58. The number of carbonyl (C=O) groups excluding carboxylic acids is 1. The van der Waals surface area contributed by atoms with Crippen molar-refractivity contribution in [2.45, 2.75) is 32.2 Å². The minimum absolute atomic E-state index is 0.281. The summed E-state index contributed by atoms with van der Waals surface area (Å²) in [5, 5.41) is 0. The van der Waals surface area contributed by atoms with E-state index >= 15 is 0 Å². The van der Waals surface area contributed by atoms with Gasteiger partial charge in [0.05, 0.1) is 0 Å². The summed E-state index contributed by atoms with van der Waals surface area (Å²) in [6, 6.07) is 7.66. The first-order valence-electron chi connectivity index (χ1n) is 5.62. The third-order valence-electron chi connectivity index (χ3n) is 3.21. The van der Waals surface area contributed by atoms with Gasteiger partial charge in [-0.05, 0) is 11.5 Å². The molecule has 0 spiro atoms. The van der Waals surface area contributed by atoms with E-state index in [1.807, 2.05) is 24.3 Å². The minimum atomic E-state index is 0.281. The molecule has 1 aliphatic carbocycles. The number of ketones is 1. The van der Waals surface area contributed by atoms with Crippen molar-refractivity contribution in [3.05, 3.63) is 35.4 Å². The third-order valence-corrected chi connectivity index (χ3v) is 3.21. The summed E-state index contributed by atoms with van der Waals surface area (Å²) < 4.78 is 0. The van der Waals surface area contributed by atoms with E-state index in [-0.39, 0.29) is 5.78 Å². The highest BCUT2D eigenvalue weighted by atomic mass is 16.1. The molecule has 1 fully saturated rings. The van der Waals surface area contributed by atoms with Crippen molar-refractivity contribution in [3.8, 4) is 0 Å². The highest BCUT2D eigenvalue weighted by Gasteiger charge is 2.21. The summed E-state index contributed by atoms with van der Waals surface area (Å²) in [5.41, 5.74) is 7.41. The van der Waals surface area contributed by atoms with Gasteiger partial charge in [0.15, 0.2) is 5.78 Å². The van der Waals surface area contributed by atoms with Crippen molar-refractivity contribution in [2.24, 2.45) is 11.7 Å². The van der Waals surface area contributed by atoms with Crippen LogP contribution in [0.2, 0.25) is 0 Å². The molecule has 0 heterocycles. The average molecular weight is 203 g/mol. The molecule has 2 rings (SSSR count). The molecule has 2 heteroatoms. The van der Waals surface area contributed by atoms with Crippen molar-refractivity contribution >= 4 is 5.78 Å². The van der Waals surface area contributed by atoms with Gasteiger partial charge in [0.1, 0.15) is 0 Å². The molecule has 0 bridgehead atoms. The van der Waals surface area contributed by atoms with Gasteiger partial charge in [0.2, 0.25) is 0 Å². The topological polar surface area (TPSA) is 43.1 Å². The molecule has 2 nitrogen and oxygen atoms in total. The standard InChI is InChI=1S/C13H17NO/c14-9-11-4-6-12(7-5-11)13(15)8-10-2-1-3-10/h4-7,10H,1-3,8-9,14H2. The highest BCUT2D eigenvalue weighted by molar-refractivity contribution is 5.96. The molecule has 0 amide bonds. The van der Waals surface area contributed by atoms with Crippen molar-refractivity contribution < 1.29 is 4.79 Å². The molecule has 0 aliphatic heterocycles. The Morgan fingerprint density at radius 2 is 1.93 bits per heavy atom. The molecule has 1 saturated carbocycles. The third kappa shape index (κ3) is 2.45. The first kappa shape index (κ1) is 10.4. The van der Waals surface area contributed by atoms with E-state index < -0.39 is 0 Å². The van der Waals surface area contributed by atoms with Gasteiger partial charge in [0, 0.05) is 18.5 Å². The number of nitrogens with two attached hydrogens (primary N) is 1. The van der Waals surface area contributed by atoms with E-state index in [4.69, 9.17) is 5.73 Å². The Bertz CT molecular complexity index is 338. The Balaban J connectivity index is 1.98. The highest BCUT2D eigenvalue weighted by Crippen LogP contribution is 2.30. The molecular formula is C13H17NO. The summed E-state index contributed by atoms with van der Waals surface area (Å²) in [4.78, 5) is 11.8. The SMILES string of the molecule is NCc1ccc(C(=O)CC2CCC2)cc1. The van der Waals surface area contributed by atoms with Crippen molar-refractivity contribution in [1.82, 2.24) is 0 Å². The average Bonchev–Trinajstić information content (AvgIpc) is 2.23. The predicted octanol–water partition coefficient (Wildman–Crippen LogP) is 2.52. The maximum atomic E-state index is 11.8. The van der Waals surface area contributed by atoms with E-state index in [0.29, 0.717) is 12.5 Å². The summed E-state index contributed by atoms with van der Waals surface area (Å²) in [5.74, 6) is 0.926. The van der Waals surface area contributed by atoms with Gasteiger partial charge in [-0.3, -0.25) is 4.79 Å². The first-order chi connectivity index (χ1) is 7.29. The Labute approximate surface area is 90.5 Å². The molecule has 0 atom stereocenters. The molecule has 0 radical (unpaired) electrons. The van der Waals surface area contributed by atoms with E-state index in [1.54, 1.807) is 0 Å². The monoisotopic (exact) mass is 203 g/mol. The number of benzene rings is 1. The van der Waals surface area contributed by atoms with Crippen molar-refractivity contribution in [2.75, 3.05) is 0 Å². The summed E-state index contributed by atoms with van der Waals surface area (Å²) >= 11 is 0. The van der Waals surface area contributed by atoms with Crippen LogP contribution in [0.3, 0.4) is 0 Å². The summed E-state index contributed by atoms with van der Waals surface area (Å²) in [6.45, 7) is 0.539. The van der Waals surface area contributed by atoms with Crippen LogP contribution in [-0.2, 0) is 6.54 Å². The fraction of sp³-hybridized carbons (Fsp3) is 0.462. The Kier molecular flexibility index (Phi) is 3.17. The molecule has 80 valence electrons. The summed E-state index contributed by atoms with van der Waals surface area (Å²) in [6.07, 6.45) is 4.48. The van der Waals surface area contributed by atoms with Crippen molar-refractivity contribution in [1.29, 1.82) is 0 Å². The molecule has 2 N–H and O–H groups in total. The van der Waals surface area contributed by atoms with Gasteiger partial charge >= 0.3 is 0 Å². The zero-order valence-electron chi connectivity index (χ0n) is 8.91. The van der Waals surface area contributed by atoms with E-state index in [2.05, 4.69) is 0 Å². The quantitative estimate of drug-likeness (QED) is 0.764. The smallest absolute Gasteiger partial charge is 0.163 e. The maximum absolute atomic E-state index is 11.8. The van der Waals surface area contributed by atoms with Crippen LogP contribution in [0.25, 0.3) is 0 Å². The van der Waals surface area contributed by atoms with Gasteiger partial charge < -0.3 is 5.73 Å². The molecule has 0 aromatic heterocycles. The Morgan fingerprint density at radius 3 is 2.40 bits per heavy atom. The molecule has 0 saturated heterocycles. The first-order valence-corrected chi connectivity index (χ1v) is 5.62. The van der Waals surface area contributed by atoms with Gasteiger partial charge in [-0.1, -0.05) is 43.5 Å². The molecule has 1 aromatic rings. The van der Waals surface area contributed by atoms with Crippen LogP contribution in [0, 0.1) is 5.92 Å². The molecule has 1 aliphatic rings. The predicted molar refractivity (Wildman–Crippen MR) is 60.6 cm³/mol. The number of carbonyl (C=O) groups is 1. The van der Waals surface area contributed by atoms with Crippen molar-refractivity contribution in [3.63, 3.8) is 0 Å². The van der Waals surface area contributed by atoms with Gasteiger partial charge in [-0.25, -0.2) is 0 Å². The summed E-state index contributed by atoms with van der Waals surface area (Å²) in [7, 11) is 0. The number of hydrogen-bond acceptors (Lipinski definition) is 2. The second-order valence-corrected chi connectivity index (χ2v) is 4.33. The van der Waals surface area contributed by atoms with E-state index in [9.17, 15) is 4.79 Å². The van der Waals surface area contributed by atoms with Crippen LogP contribution < -0.4 is 5.73 Å². The van der Waals surface area contributed by atoms with Crippen LogP contribution in [0.1, 0.15) is 41.6 Å². The largest absolute Gasteiger partial charge is 0.326 e. The number of hydrogen-bond donors (Lipinski definition) is 1. The number of Topliss-reactive ketones (excluding diaryl/α,β-unsaturated/α-hetero) is 1.